The van der Waals surface area contributed by atoms with Crippen molar-refractivity contribution in [1.82, 2.24) is 0 Å². The van der Waals surface area contributed by atoms with Crippen molar-refractivity contribution in [2.75, 3.05) is 7.11 Å². The molecule has 2 nitrogen and oxygen atoms in total. The van der Waals surface area contributed by atoms with E-state index in [1.807, 2.05) is 13.8 Å². The topological polar surface area (TPSA) is 26.3 Å². The Morgan fingerprint density at radius 2 is 2.09 bits per heavy atom. The average Bonchev–Trinajstić information content (AvgIpc) is 1.98. The zero-order valence-corrected chi connectivity index (χ0v) is 9.01. The third kappa shape index (κ3) is 4.19. The largest absolute Gasteiger partial charge is 0.465 e. The monoisotopic (exact) mass is 266 g/mol. The summed E-state index contributed by atoms with van der Waals surface area (Å²) in [5.74, 6) is -0.288. The summed E-state index contributed by atoms with van der Waals surface area (Å²) >= 11 is 2.14. The van der Waals surface area contributed by atoms with E-state index in [-0.39, 0.29) is 5.97 Å². The summed E-state index contributed by atoms with van der Waals surface area (Å²) in [7, 11) is 1.38. The van der Waals surface area contributed by atoms with Gasteiger partial charge in [0, 0.05) is 0 Å². The van der Waals surface area contributed by atoms with Gasteiger partial charge in [-0.25, -0.2) is 4.79 Å². The van der Waals surface area contributed by atoms with Gasteiger partial charge in [-0.2, -0.15) is 0 Å². The summed E-state index contributed by atoms with van der Waals surface area (Å²) in [6.07, 6.45) is 3.51. The zero-order valence-electron chi connectivity index (χ0n) is 6.85. The van der Waals surface area contributed by atoms with Crippen molar-refractivity contribution in [2.24, 2.45) is 0 Å². The molecule has 0 aliphatic heterocycles. The van der Waals surface area contributed by atoms with Crippen LogP contribution in [0.3, 0.4) is 0 Å². The Labute approximate surface area is 80.5 Å². The second-order valence-electron chi connectivity index (χ2n) is 1.97. The van der Waals surface area contributed by atoms with Crippen molar-refractivity contribution in [3.8, 4) is 0 Å². The normalized spacial score (nSPS) is 13.1. The van der Waals surface area contributed by atoms with Gasteiger partial charge in [0.25, 0.3) is 0 Å². The highest BCUT2D eigenvalue weighted by atomic mass is 127. The highest BCUT2D eigenvalue weighted by Crippen LogP contribution is 2.09. The quantitative estimate of drug-likeness (QED) is 0.332. The van der Waals surface area contributed by atoms with Gasteiger partial charge in [-0.15, -0.1) is 0 Å². The molecule has 0 atom stereocenters. The summed E-state index contributed by atoms with van der Waals surface area (Å²) in [5.41, 5.74) is 0.597. The minimum Gasteiger partial charge on any atom is -0.465 e. The molecule has 0 bridgehead atoms. The summed E-state index contributed by atoms with van der Waals surface area (Å²) < 4.78 is 5.61. The Morgan fingerprint density at radius 3 is 2.36 bits per heavy atom. The number of methoxy groups -OCH3 is 1. The Kier molecular flexibility index (Phi) is 5.19. The van der Waals surface area contributed by atoms with Gasteiger partial charge in [0.1, 0.15) is 0 Å². The van der Waals surface area contributed by atoms with Crippen LogP contribution in [-0.2, 0) is 9.53 Å². The number of esters is 1. The smallest absolute Gasteiger partial charge is 0.337 e. The van der Waals surface area contributed by atoms with Crippen molar-refractivity contribution in [3.05, 3.63) is 21.3 Å². The van der Waals surface area contributed by atoms with Gasteiger partial charge < -0.3 is 4.74 Å². The lowest BCUT2D eigenvalue weighted by Crippen LogP contribution is -2.02. The predicted molar refractivity (Wildman–Crippen MR) is 53.6 cm³/mol. The highest BCUT2D eigenvalue weighted by Gasteiger charge is 2.03. The number of hydrogen-bond acceptors (Lipinski definition) is 2. The third-order valence-electron chi connectivity index (χ3n) is 1.09. The molecule has 0 fully saturated rings. The minimum atomic E-state index is -0.288. The van der Waals surface area contributed by atoms with Crippen LogP contribution in [0, 0.1) is 0 Å². The molecule has 0 N–H and O–H groups in total. The summed E-state index contributed by atoms with van der Waals surface area (Å²) in [5, 5.41) is 0. The van der Waals surface area contributed by atoms with Crippen molar-refractivity contribution < 1.29 is 9.53 Å². The lowest BCUT2D eigenvalue weighted by molar-refractivity contribution is -0.135. The van der Waals surface area contributed by atoms with Crippen LogP contribution in [0.15, 0.2) is 21.3 Å². The summed E-state index contributed by atoms with van der Waals surface area (Å²) in [4.78, 5) is 10.9. The molecule has 0 heterocycles. The molecule has 11 heavy (non-hydrogen) atoms. The van der Waals surface area contributed by atoms with Gasteiger partial charge in [-0.3, -0.25) is 0 Å². The molecule has 0 saturated heterocycles. The molecule has 62 valence electrons. The van der Waals surface area contributed by atoms with E-state index in [1.54, 1.807) is 12.2 Å². The van der Waals surface area contributed by atoms with Crippen molar-refractivity contribution in [2.45, 2.75) is 13.8 Å². The van der Waals surface area contributed by atoms with Gasteiger partial charge in [0.2, 0.25) is 0 Å². The van der Waals surface area contributed by atoms with E-state index < -0.39 is 0 Å². The average molecular weight is 266 g/mol. The molecule has 0 radical (unpaired) electrons. The van der Waals surface area contributed by atoms with E-state index in [9.17, 15) is 4.79 Å². The van der Waals surface area contributed by atoms with Gasteiger partial charge in [-0.05, 0) is 46.1 Å². The van der Waals surface area contributed by atoms with Crippen LogP contribution >= 0.6 is 22.6 Å². The van der Waals surface area contributed by atoms with Crippen molar-refractivity contribution in [1.29, 1.82) is 0 Å². The maximum atomic E-state index is 10.9. The number of halogens is 1. The molecule has 3 heteroatoms. The molecule has 0 amide bonds. The molecule has 0 aliphatic carbocycles. The summed E-state index contributed by atoms with van der Waals surface area (Å²) in [6, 6.07) is 0. The lowest BCUT2D eigenvalue weighted by Gasteiger charge is -1.97. The first-order valence-electron chi connectivity index (χ1n) is 3.20. The van der Waals surface area contributed by atoms with Gasteiger partial charge in [0.15, 0.2) is 0 Å². The number of ether oxygens (including phenoxy) is 1. The number of carbonyl (C=O) groups excluding carboxylic acids is 1. The van der Waals surface area contributed by atoms with Crippen LogP contribution in [0.5, 0.6) is 0 Å². The van der Waals surface area contributed by atoms with Crippen LogP contribution in [-0.4, -0.2) is 13.1 Å². The fraction of sp³-hybridized carbons (Fsp3) is 0.375. The van der Waals surface area contributed by atoms with E-state index in [2.05, 4.69) is 27.3 Å². The van der Waals surface area contributed by atoms with E-state index in [0.717, 1.165) is 3.58 Å². The summed E-state index contributed by atoms with van der Waals surface area (Å²) in [6.45, 7) is 3.73. The van der Waals surface area contributed by atoms with Crippen molar-refractivity contribution >= 4 is 28.6 Å². The molecule has 0 spiro atoms. The van der Waals surface area contributed by atoms with Gasteiger partial charge in [-0.1, -0.05) is 6.08 Å². The molecule has 0 unspecified atom stereocenters. The van der Waals surface area contributed by atoms with Gasteiger partial charge >= 0.3 is 5.97 Å². The molecular formula is C8H11IO2. The lowest BCUT2D eigenvalue weighted by atomic mass is 10.2. The Morgan fingerprint density at radius 1 is 1.55 bits per heavy atom. The van der Waals surface area contributed by atoms with E-state index in [0.29, 0.717) is 5.57 Å². The number of allylic oxidation sites excluding steroid dienone is 2. The fourth-order valence-corrected chi connectivity index (χ4v) is 0.928. The van der Waals surface area contributed by atoms with E-state index in [4.69, 9.17) is 0 Å². The predicted octanol–water partition coefficient (Wildman–Crippen LogP) is 2.44. The molecule has 0 rings (SSSR count). The minimum absolute atomic E-state index is 0.288. The van der Waals surface area contributed by atoms with Crippen LogP contribution in [0.4, 0.5) is 0 Å². The van der Waals surface area contributed by atoms with Crippen LogP contribution < -0.4 is 0 Å². The number of carbonyl (C=O) groups is 1. The maximum absolute atomic E-state index is 10.9. The highest BCUT2D eigenvalue weighted by molar-refractivity contribution is 14.1. The van der Waals surface area contributed by atoms with Crippen LogP contribution in [0.25, 0.3) is 0 Å². The number of hydrogen-bond donors (Lipinski definition) is 0. The number of rotatable bonds is 2. The first-order chi connectivity index (χ1) is 5.11. The Balaban J connectivity index is 4.45. The van der Waals surface area contributed by atoms with E-state index >= 15 is 0 Å². The van der Waals surface area contributed by atoms with E-state index in [1.165, 1.54) is 7.11 Å². The molecular weight excluding hydrogens is 255 g/mol. The SMILES string of the molecule is C/C=C(\C=C(/C)I)C(=O)OC. The Hall–Kier alpha value is -0.320. The second-order valence-corrected chi connectivity index (χ2v) is 3.67. The van der Waals surface area contributed by atoms with Crippen molar-refractivity contribution in [3.63, 3.8) is 0 Å². The standard InChI is InChI=1S/C8H11IO2/c1-4-7(5-6(2)9)8(10)11-3/h4-5H,1-3H3/b6-5+,7-4+. The molecule has 0 saturated carbocycles. The zero-order chi connectivity index (χ0) is 8.85. The van der Waals surface area contributed by atoms with Crippen LogP contribution in [0.1, 0.15) is 13.8 Å². The fourth-order valence-electron chi connectivity index (χ4n) is 0.592. The molecule has 0 aromatic heterocycles. The maximum Gasteiger partial charge on any atom is 0.337 e. The first kappa shape index (κ1) is 10.7. The molecule has 0 aromatic rings. The molecule has 0 aliphatic rings. The van der Waals surface area contributed by atoms with Crippen LogP contribution in [0.2, 0.25) is 0 Å². The first-order valence-corrected chi connectivity index (χ1v) is 4.28. The molecule has 0 aromatic carbocycles. The Bertz CT molecular complexity index is 200. The third-order valence-corrected chi connectivity index (χ3v) is 1.40. The van der Waals surface area contributed by atoms with Gasteiger partial charge in [0.05, 0.1) is 12.7 Å². The second kappa shape index (κ2) is 5.35.